The highest BCUT2D eigenvalue weighted by Crippen LogP contribution is 2.12. The second kappa shape index (κ2) is 6.49. The molecule has 2 aromatic rings. The van der Waals surface area contributed by atoms with Crippen LogP contribution in [0.25, 0.3) is 0 Å². The molecule has 0 spiro atoms. The van der Waals surface area contributed by atoms with Gasteiger partial charge in [0.15, 0.2) is 0 Å². The number of rotatable bonds is 5. The Balaban J connectivity index is 2.01. The predicted octanol–water partition coefficient (Wildman–Crippen LogP) is 2.24. The number of carbonyl (C=O) groups excluding carboxylic acids is 1. The van der Waals surface area contributed by atoms with Gasteiger partial charge in [0, 0.05) is 18.2 Å². The van der Waals surface area contributed by atoms with Crippen molar-refractivity contribution in [2.24, 2.45) is 0 Å². The van der Waals surface area contributed by atoms with Crippen molar-refractivity contribution in [1.29, 1.82) is 0 Å². The van der Waals surface area contributed by atoms with Gasteiger partial charge in [-0.2, -0.15) is 0 Å². The van der Waals surface area contributed by atoms with Gasteiger partial charge in [0.1, 0.15) is 5.82 Å². The molecule has 21 heavy (non-hydrogen) atoms. The number of aromatic amines is 1. The number of amides is 1. The van der Waals surface area contributed by atoms with E-state index in [2.05, 4.69) is 25.4 Å². The summed E-state index contributed by atoms with van der Waals surface area (Å²) in [6.07, 6.45) is 0. The summed E-state index contributed by atoms with van der Waals surface area (Å²) >= 11 is 0. The smallest absolute Gasteiger partial charge is 0.295 e. The second-order valence-corrected chi connectivity index (χ2v) is 5.59. The Labute approximate surface area is 124 Å². The average Bonchev–Trinajstić information content (AvgIpc) is 2.90. The summed E-state index contributed by atoms with van der Waals surface area (Å²) in [7, 11) is 4.04. The number of aromatic nitrogens is 3. The number of nitrogens with zero attached hydrogens (tertiary/aromatic N) is 3. The lowest BCUT2D eigenvalue weighted by atomic mass is 10.2. The quantitative estimate of drug-likeness (QED) is 0.884. The number of hydrogen-bond acceptors (Lipinski definition) is 4. The lowest BCUT2D eigenvalue weighted by Crippen LogP contribution is -2.14. The van der Waals surface area contributed by atoms with Crippen LogP contribution in [0.15, 0.2) is 24.3 Å². The zero-order chi connectivity index (χ0) is 15.4. The normalized spacial score (nSPS) is 11.1. The fourth-order valence-electron chi connectivity index (χ4n) is 1.88. The third-order valence-corrected chi connectivity index (χ3v) is 2.96. The minimum atomic E-state index is -0.307. The van der Waals surface area contributed by atoms with Crippen LogP contribution in [-0.2, 0) is 6.54 Å². The van der Waals surface area contributed by atoms with E-state index in [1.54, 1.807) is 0 Å². The molecule has 0 aliphatic heterocycles. The molecule has 1 aromatic heterocycles. The molecule has 2 rings (SSSR count). The van der Waals surface area contributed by atoms with E-state index < -0.39 is 0 Å². The molecule has 0 bridgehead atoms. The Kier molecular flexibility index (Phi) is 4.70. The van der Waals surface area contributed by atoms with Gasteiger partial charge in [-0.05, 0) is 31.8 Å². The van der Waals surface area contributed by atoms with Gasteiger partial charge in [-0.15, -0.1) is 5.10 Å². The summed E-state index contributed by atoms with van der Waals surface area (Å²) in [6, 6.07) is 7.75. The Hall–Kier alpha value is -2.21. The molecular weight excluding hydrogens is 266 g/mol. The molecule has 0 aliphatic carbocycles. The molecule has 0 aliphatic rings. The van der Waals surface area contributed by atoms with Crippen molar-refractivity contribution in [2.45, 2.75) is 26.3 Å². The van der Waals surface area contributed by atoms with Crippen molar-refractivity contribution in [1.82, 2.24) is 20.1 Å². The summed E-state index contributed by atoms with van der Waals surface area (Å²) in [4.78, 5) is 18.3. The molecule has 6 nitrogen and oxygen atoms in total. The van der Waals surface area contributed by atoms with Gasteiger partial charge < -0.3 is 10.2 Å². The number of nitrogens with one attached hydrogen (secondary N) is 2. The van der Waals surface area contributed by atoms with Gasteiger partial charge in [0.25, 0.3) is 5.91 Å². The SMILES string of the molecule is CC(C)c1nc(C(=O)Nc2ccc(CN(C)C)cc2)n[nH]1. The zero-order valence-corrected chi connectivity index (χ0v) is 12.8. The highest BCUT2D eigenvalue weighted by atomic mass is 16.2. The van der Waals surface area contributed by atoms with Gasteiger partial charge in [-0.25, -0.2) is 4.98 Å². The largest absolute Gasteiger partial charge is 0.319 e. The third-order valence-electron chi connectivity index (χ3n) is 2.96. The monoisotopic (exact) mass is 287 g/mol. The van der Waals surface area contributed by atoms with Gasteiger partial charge >= 0.3 is 0 Å². The highest BCUT2D eigenvalue weighted by Gasteiger charge is 2.14. The van der Waals surface area contributed by atoms with Gasteiger partial charge in [0.05, 0.1) is 0 Å². The summed E-state index contributed by atoms with van der Waals surface area (Å²) < 4.78 is 0. The molecule has 0 saturated carbocycles. The van der Waals surface area contributed by atoms with E-state index in [4.69, 9.17) is 0 Å². The summed E-state index contributed by atoms with van der Waals surface area (Å²) in [6.45, 7) is 4.85. The fourth-order valence-corrected chi connectivity index (χ4v) is 1.88. The van der Waals surface area contributed by atoms with Crippen LogP contribution in [0.3, 0.4) is 0 Å². The van der Waals surface area contributed by atoms with Crippen LogP contribution in [0.5, 0.6) is 0 Å². The van der Waals surface area contributed by atoms with E-state index in [0.29, 0.717) is 5.82 Å². The van der Waals surface area contributed by atoms with E-state index in [0.717, 1.165) is 12.2 Å². The minimum absolute atomic E-state index is 0.163. The number of hydrogen-bond donors (Lipinski definition) is 2. The Morgan fingerprint density at radius 1 is 1.29 bits per heavy atom. The second-order valence-electron chi connectivity index (χ2n) is 5.59. The van der Waals surface area contributed by atoms with Crippen LogP contribution in [-0.4, -0.2) is 40.1 Å². The van der Waals surface area contributed by atoms with Crippen molar-refractivity contribution >= 4 is 11.6 Å². The maximum absolute atomic E-state index is 12.0. The van der Waals surface area contributed by atoms with E-state index in [9.17, 15) is 4.79 Å². The van der Waals surface area contributed by atoms with E-state index in [-0.39, 0.29) is 17.6 Å². The molecule has 1 aromatic carbocycles. The van der Waals surface area contributed by atoms with E-state index >= 15 is 0 Å². The van der Waals surface area contributed by atoms with Gasteiger partial charge in [-0.3, -0.25) is 9.89 Å². The van der Waals surface area contributed by atoms with Crippen LogP contribution in [0.1, 0.15) is 41.8 Å². The van der Waals surface area contributed by atoms with Crippen LogP contribution < -0.4 is 5.32 Å². The number of H-pyrrole nitrogens is 1. The Bertz CT molecular complexity index is 601. The molecule has 6 heteroatoms. The van der Waals surface area contributed by atoms with Crippen molar-refractivity contribution in [3.05, 3.63) is 41.5 Å². The number of anilines is 1. The minimum Gasteiger partial charge on any atom is -0.319 e. The van der Waals surface area contributed by atoms with Crippen LogP contribution in [0.2, 0.25) is 0 Å². The van der Waals surface area contributed by atoms with E-state index in [1.807, 2.05) is 52.2 Å². The van der Waals surface area contributed by atoms with Crippen LogP contribution in [0.4, 0.5) is 5.69 Å². The first-order chi connectivity index (χ1) is 9.95. The van der Waals surface area contributed by atoms with Crippen LogP contribution in [0, 0.1) is 0 Å². The molecular formula is C15H21N5O. The first kappa shape index (κ1) is 15.2. The van der Waals surface area contributed by atoms with Crippen molar-refractivity contribution < 1.29 is 4.79 Å². The molecule has 112 valence electrons. The standard InChI is InChI=1S/C15H21N5O/c1-10(2)13-17-14(19-18-13)15(21)16-12-7-5-11(6-8-12)9-20(3)4/h5-8,10H,9H2,1-4H3,(H,16,21)(H,17,18,19). The molecule has 0 atom stereocenters. The Morgan fingerprint density at radius 3 is 2.48 bits per heavy atom. The molecule has 0 radical (unpaired) electrons. The molecule has 1 amide bonds. The fraction of sp³-hybridized carbons (Fsp3) is 0.400. The summed E-state index contributed by atoms with van der Waals surface area (Å²) in [5, 5.41) is 9.50. The summed E-state index contributed by atoms with van der Waals surface area (Å²) in [5.41, 5.74) is 1.93. The van der Waals surface area contributed by atoms with Gasteiger partial charge in [-0.1, -0.05) is 26.0 Å². The molecule has 0 fully saturated rings. The number of carbonyl (C=O) groups is 1. The first-order valence-electron chi connectivity index (χ1n) is 6.93. The lowest BCUT2D eigenvalue weighted by Gasteiger charge is -2.10. The topological polar surface area (TPSA) is 73.9 Å². The average molecular weight is 287 g/mol. The lowest BCUT2D eigenvalue weighted by molar-refractivity contribution is 0.101. The maximum atomic E-state index is 12.0. The molecule has 0 saturated heterocycles. The summed E-state index contributed by atoms with van der Waals surface area (Å²) in [5.74, 6) is 0.778. The van der Waals surface area contributed by atoms with E-state index in [1.165, 1.54) is 5.56 Å². The van der Waals surface area contributed by atoms with Crippen LogP contribution >= 0.6 is 0 Å². The zero-order valence-electron chi connectivity index (χ0n) is 12.8. The highest BCUT2D eigenvalue weighted by molar-refractivity contribution is 6.01. The third kappa shape index (κ3) is 4.13. The number of benzene rings is 1. The van der Waals surface area contributed by atoms with Crippen molar-refractivity contribution in [3.63, 3.8) is 0 Å². The first-order valence-corrected chi connectivity index (χ1v) is 6.93. The molecule has 1 heterocycles. The maximum Gasteiger partial charge on any atom is 0.295 e. The molecule has 0 unspecified atom stereocenters. The van der Waals surface area contributed by atoms with Crippen molar-refractivity contribution in [3.8, 4) is 0 Å². The Morgan fingerprint density at radius 2 is 1.95 bits per heavy atom. The van der Waals surface area contributed by atoms with Gasteiger partial charge in [0.2, 0.25) is 5.82 Å². The van der Waals surface area contributed by atoms with Crippen molar-refractivity contribution in [2.75, 3.05) is 19.4 Å². The predicted molar refractivity (Wildman–Crippen MR) is 82.3 cm³/mol. The molecule has 2 N–H and O–H groups in total.